The van der Waals surface area contributed by atoms with E-state index >= 15 is 0 Å². The van der Waals surface area contributed by atoms with Crippen molar-refractivity contribution in [2.45, 2.75) is 32.9 Å². The van der Waals surface area contributed by atoms with Gasteiger partial charge in [0.15, 0.2) is 0 Å². The van der Waals surface area contributed by atoms with Crippen LogP contribution in [0.5, 0.6) is 0 Å². The Hall–Kier alpha value is -0.860. The van der Waals surface area contributed by atoms with Crippen molar-refractivity contribution >= 4 is 0 Å². The first-order valence-corrected chi connectivity index (χ1v) is 4.70. The third kappa shape index (κ3) is 4.06. The SMILES string of the molecule is CC.CC(N)C(O)c1ccccc1. The molecule has 13 heavy (non-hydrogen) atoms. The number of rotatable bonds is 2. The van der Waals surface area contributed by atoms with Gasteiger partial charge in [-0.25, -0.2) is 0 Å². The largest absolute Gasteiger partial charge is 0.387 e. The highest BCUT2D eigenvalue weighted by Gasteiger charge is 2.10. The molecule has 2 heteroatoms. The summed E-state index contributed by atoms with van der Waals surface area (Å²) in [7, 11) is 0. The van der Waals surface area contributed by atoms with Crippen LogP contribution in [0.15, 0.2) is 30.3 Å². The molecule has 3 N–H and O–H groups in total. The lowest BCUT2D eigenvalue weighted by atomic mass is 10.0. The van der Waals surface area contributed by atoms with E-state index in [1.807, 2.05) is 44.2 Å². The third-order valence-corrected chi connectivity index (χ3v) is 1.64. The molecule has 0 aliphatic carbocycles. The first-order chi connectivity index (χ1) is 6.22. The highest BCUT2D eigenvalue weighted by atomic mass is 16.3. The summed E-state index contributed by atoms with van der Waals surface area (Å²) in [6.45, 7) is 5.79. The Bertz CT molecular complexity index is 209. The molecule has 0 aromatic heterocycles. The van der Waals surface area contributed by atoms with Gasteiger partial charge in [0, 0.05) is 6.04 Å². The average Bonchev–Trinajstić information content (AvgIpc) is 2.21. The van der Waals surface area contributed by atoms with Gasteiger partial charge in [-0.2, -0.15) is 0 Å². The van der Waals surface area contributed by atoms with Crippen molar-refractivity contribution in [1.82, 2.24) is 0 Å². The number of aliphatic hydroxyl groups is 1. The summed E-state index contributed by atoms with van der Waals surface area (Å²) in [5.41, 5.74) is 6.40. The molecule has 74 valence electrons. The van der Waals surface area contributed by atoms with E-state index in [-0.39, 0.29) is 6.04 Å². The maximum atomic E-state index is 9.47. The summed E-state index contributed by atoms with van der Waals surface area (Å²) < 4.78 is 0. The average molecular weight is 181 g/mol. The molecule has 2 unspecified atom stereocenters. The third-order valence-electron chi connectivity index (χ3n) is 1.64. The van der Waals surface area contributed by atoms with Crippen LogP contribution in [0, 0.1) is 0 Å². The van der Waals surface area contributed by atoms with Crippen molar-refractivity contribution in [1.29, 1.82) is 0 Å². The lowest BCUT2D eigenvalue weighted by molar-refractivity contribution is 0.153. The van der Waals surface area contributed by atoms with Gasteiger partial charge in [0.1, 0.15) is 0 Å². The second-order valence-electron chi connectivity index (χ2n) is 2.71. The number of nitrogens with two attached hydrogens (primary N) is 1. The van der Waals surface area contributed by atoms with Crippen LogP contribution in [0.2, 0.25) is 0 Å². The number of benzene rings is 1. The van der Waals surface area contributed by atoms with Gasteiger partial charge in [-0.3, -0.25) is 0 Å². The monoisotopic (exact) mass is 181 g/mol. The Labute approximate surface area is 80.4 Å². The maximum Gasteiger partial charge on any atom is 0.0938 e. The summed E-state index contributed by atoms with van der Waals surface area (Å²) in [5.74, 6) is 0. The van der Waals surface area contributed by atoms with E-state index in [0.29, 0.717) is 0 Å². The normalized spacial score (nSPS) is 13.9. The first-order valence-electron chi connectivity index (χ1n) is 4.70. The molecule has 1 rings (SSSR count). The van der Waals surface area contributed by atoms with Crippen LogP contribution < -0.4 is 5.73 Å². The van der Waals surface area contributed by atoms with E-state index in [2.05, 4.69) is 0 Å². The maximum absolute atomic E-state index is 9.47. The summed E-state index contributed by atoms with van der Waals surface area (Å²) in [4.78, 5) is 0. The molecule has 0 aliphatic heterocycles. The molecule has 0 saturated heterocycles. The standard InChI is InChI=1S/C9H13NO.C2H6/c1-7(10)9(11)8-5-3-2-4-6-8;1-2/h2-7,9,11H,10H2,1H3;1-2H3. The molecule has 1 aromatic carbocycles. The fourth-order valence-electron chi connectivity index (χ4n) is 0.954. The highest BCUT2D eigenvalue weighted by Crippen LogP contribution is 2.13. The summed E-state index contributed by atoms with van der Waals surface area (Å²) in [5, 5.41) is 9.47. The van der Waals surface area contributed by atoms with Gasteiger partial charge in [0.25, 0.3) is 0 Å². The zero-order valence-corrected chi connectivity index (χ0v) is 8.57. The molecule has 0 bridgehead atoms. The smallest absolute Gasteiger partial charge is 0.0938 e. The second kappa shape index (κ2) is 6.63. The van der Waals surface area contributed by atoms with E-state index in [9.17, 15) is 5.11 Å². The predicted octanol–water partition coefficient (Wildman–Crippen LogP) is 2.09. The van der Waals surface area contributed by atoms with Gasteiger partial charge in [-0.05, 0) is 12.5 Å². The number of hydrogen-bond acceptors (Lipinski definition) is 2. The van der Waals surface area contributed by atoms with Gasteiger partial charge >= 0.3 is 0 Å². The summed E-state index contributed by atoms with van der Waals surface area (Å²) in [6, 6.07) is 9.22. The van der Waals surface area contributed by atoms with Crippen molar-refractivity contribution in [3.05, 3.63) is 35.9 Å². The van der Waals surface area contributed by atoms with Crippen molar-refractivity contribution in [3.8, 4) is 0 Å². The molecular weight excluding hydrogens is 162 g/mol. The second-order valence-corrected chi connectivity index (χ2v) is 2.71. The van der Waals surface area contributed by atoms with Crippen LogP contribution in [0.1, 0.15) is 32.4 Å². The van der Waals surface area contributed by atoms with Gasteiger partial charge in [0.2, 0.25) is 0 Å². The van der Waals surface area contributed by atoms with Crippen LogP contribution >= 0.6 is 0 Å². The fraction of sp³-hybridized carbons (Fsp3) is 0.455. The Kier molecular flexibility index (Phi) is 6.20. The highest BCUT2D eigenvalue weighted by molar-refractivity contribution is 5.18. The van der Waals surface area contributed by atoms with E-state index < -0.39 is 6.10 Å². The van der Waals surface area contributed by atoms with Gasteiger partial charge in [-0.1, -0.05) is 44.2 Å². The molecule has 0 amide bonds. The lowest BCUT2D eigenvalue weighted by Crippen LogP contribution is -2.24. The number of hydrogen-bond donors (Lipinski definition) is 2. The van der Waals surface area contributed by atoms with Crippen LogP contribution in [0.3, 0.4) is 0 Å². The summed E-state index contributed by atoms with van der Waals surface area (Å²) in [6.07, 6.45) is -0.545. The molecule has 0 aliphatic rings. The summed E-state index contributed by atoms with van der Waals surface area (Å²) >= 11 is 0. The van der Waals surface area contributed by atoms with E-state index in [1.165, 1.54) is 0 Å². The Morgan fingerprint density at radius 3 is 2.00 bits per heavy atom. The zero-order valence-electron chi connectivity index (χ0n) is 8.57. The van der Waals surface area contributed by atoms with Crippen molar-refractivity contribution in [3.63, 3.8) is 0 Å². The minimum Gasteiger partial charge on any atom is -0.387 e. The zero-order chi connectivity index (χ0) is 10.3. The fourth-order valence-corrected chi connectivity index (χ4v) is 0.954. The van der Waals surface area contributed by atoms with Crippen molar-refractivity contribution in [2.75, 3.05) is 0 Å². The minimum absolute atomic E-state index is 0.211. The van der Waals surface area contributed by atoms with Gasteiger partial charge in [0.05, 0.1) is 6.10 Å². The molecule has 0 fully saturated rings. The topological polar surface area (TPSA) is 46.2 Å². The first kappa shape index (κ1) is 12.1. The molecule has 0 spiro atoms. The Morgan fingerprint density at radius 1 is 1.15 bits per heavy atom. The van der Waals surface area contributed by atoms with Crippen LogP contribution in [0.4, 0.5) is 0 Å². The number of aliphatic hydroxyl groups excluding tert-OH is 1. The molecule has 1 aromatic rings. The molecule has 0 saturated carbocycles. The lowest BCUT2D eigenvalue weighted by Gasteiger charge is -2.13. The minimum atomic E-state index is -0.545. The quantitative estimate of drug-likeness (QED) is 0.734. The molecule has 0 heterocycles. The molecular formula is C11H19NO. The predicted molar refractivity (Wildman–Crippen MR) is 56.4 cm³/mol. The van der Waals surface area contributed by atoms with Crippen LogP contribution in [0.25, 0.3) is 0 Å². The van der Waals surface area contributed by atoms with Gasteiger partial charge < -0.3 is 10.8 Å². The van der Waals surface area contributed by atoms with Crippen LogP contribution in [-0.4, -0.2) is 11.1 Å². The Balaban J connectivity index is 0.000000671. The van der Waals surface area contributed by atoms with Gasteiger partial charge in [-0.15, -0.1) is 0 Å². The van der Waals surface area contributed by atoms with Crippen LogP contribution in [-0.2, 0) is 0 Å². The van der Waals surface area contributed by atoms with Crippen molar-refractivity contribution < 1.29 is 5.11 Å². The van der Waals surface area contributed by atoms with E-state index in [4.69, 9.17) is 5.73 Å². The van der Waals surface area contributed by atoms with E-state index in [0.717, 1.165) is 5.56 Å². The Morgan fingerprint density at radius 2 is 1.62 bits per heavy atom. The molecule has 2 atom stereocenters. The molecule has 0 radical (unpaired) electrons. The van der Waals surface area contributed by atoms with Crippen molar-refractivity contribution in [2.24, 2.45) is 5.73 Å². The van der Waals surface area contributed by atoms with E-state index in [1.54, 1.807) is 6.92 Å². The molecule has 2 nitrogen and oxygen atoms in total.